The maximum absolute atomic E-state index is 12.3. The summed E-state index contributed by atoms with van der Waals surface area (Å²) in [5.41, 5.74) is 1.16. The Morgan fingerprint density at radius 2 is 1.90 bits per heavy atom. The Labute approximate surface area is 165 Å². The summed E-state index contributed by atoms with van der Waals surface area (Å²) in [6, 6.07) is 12.3. The van der Waals surface area contributed by atoms with Crippen molar-refractivity contribution in [3.63, 3.8) is 0 Å². The van der Waals surface area contributed by atoms with Crippen molar-refractivity contribution >= 4 is 17.5 Å². The number of hydrogen-bond acceptors (Lipinski definition) is 4. The molecule has 0 aromatic heterocycles. The first-order chi connectivity index (χ1) is 13.7. The smallest absolute Gasteiger partial charge is 0.489 e. The molecule has 1 aliphatic heterocycles. The Morgan fingerprint density at radius 3 is 2.55 bits per heavy atom. The summed E-state index contributed by atoms with van der Waals surface area (Å²) in [5, 5.41) is 2.55. The molecule has 1 aliphatic rings. The number of amides is 2. The highest BCUT2D eigenvalue weighted by Gasteiger charge is 2.34. The lowest BCUT2D eigenvalue weighted by Crippen LogP contribution is -2.30. The summed E-state index contributed by atoms with van der Waals surface area (Å²) in [7, 11) is 1.53. The second-order valence-corrected chi connectivity index (χ2v) is 6.50. The Kier molecular flexibility index (Phi) is 5.95. The number of nitrogens with one attached hydrogen (secondary N) is 1. The molecule has 0 aliphatic carbocycles. The molecule has 3 rings (SSSR count). The lowest BCUT2D eigenvalue weighted by Gasteiger charge is -2.17. The molecule has 0 bridgehead atoms. The molecule has 0 spiro atoms. The molecule has 2 aromatic carbocycles. The van der Waals surface area contributed by atoms with E-state index in [1.165, 1.54) is 25.2 Å². The van der Waals surface area contributed by atoms with Crippen LogP contribution in [0.2, 0.25) is 0 Å². The highest BCUT2D eigenvalue weighted by atomic mass is 19.4. The number of anilines is 1. The molecule has 2 aromatic rings. The van der Waals surface area contributed by atoms with Gasteiger partial charge in [-0.05, 0) is 42.0 Å². The van der Waals surface area contributed by atoms with Crippen molar-refractivity contribution in [2.75, 3.05) is 18.5 Å². The predicted octanol–water partition coefficient (Wildman–Crippen LogP) is 3.26. The normalized spacial score (nSPS) is 16.6. The van der Waals surface area contributed by atoms with Gasteiger partial charge in [-0.25, -0.2) is 0 Å². The van der Waals surface area contributed by atoms with E-state index < -0.39 is 6.36 Å². The first kappa shape index (κ1) is 20.5. The van der Waals surface area contributed by atoms with Crippen LogP contribution in [0.4, 0.5) is 18.9 Å². The van der Waals surface area contributed by atoms with Crippen molar-refractivity contribution in [1.29, 1.82) is 0 Å². The van der Waals surface area contributed by atoms with Gasteiger partial charge < -0.3 is 19.7 Å². The molecule has 1 fully saturated rings. The van der Waals surface area contributed by atoms with E-state index in [0.717, 1.165) is 0 Å². The van der Waals surface area contributed by atoms with Gasteiger partial charge in [0.1, 0.15) is 18.1 Å². The van der Waals surface area contributed by atoms with E-state index in [4.69, 9.17) is 4.74 Å². The van der Waals surface area contributed by atoms with Gasteiger partial charge in [0.15, 0.2) is 0 Å². The quantitative estimate of drug-likeness (QED) is 0.797. The number of ether oxygens (including phenoxy) is 2. The Hall–Kier alpha value is -3.23. The fraction of sp³-hybridized carbons (Fsp3) is 0.300. The monoisotopic (exact) mass is 408 g/mol. The summed E-state index contributed by atoms with van der Waals surface area (Å²) in [6.07, 6.45) is -4.59. The number of halogens is 3. The Morgan fingerprint density at radius 1 is 1.17 bits per heavy atom. The van der Waals surface area contributed by atoms with Gasteiger partial charge in [0, 0.05) is 25.7 Å². The zero-order valence-corrected chi connectivity index (χ0v) is 15.5. The second kappa shape index (κ2) is 8.42. The minimum atomic E-state index is -4.75. The van der Waals surface area contributed by atoms with Crippen LogP contribution in [0.15, 0.2) is 48.5 Å². The summed E-state index contributed by atoms with van der Waals surface area (Å²) in [4.78, 5) is 25.4. The summed E-state index contributed by atoms with van der Waals surface area (Å²) in [5.74, 6) is -0.501. The van der Waals surface area contributed by atoms with Crippen molar-refractivity contribution in [3.8, 4) is 11.5 Å². The number of benzene rings is 2. The van der Waals surface area contributed by atoms with E-state index in [9.17, 15) is 22.8 Å². The van der Waals surface area contributed by atoms with Crippen LogP contribution in [0, 0.1) is 5.92 Å². The van der Waals surface area contributed by atoms with Crippen LogP contribution in [-0.2, 0) is 16.2 Å². The maximum atomic E-state index is 12.3. The van der Waals surface area contributed by atoms with Crippen LogP contribution in [-0.4, -0.2) is 31.8 Å². The molecule has 154 valence electrons. The minimum absolute atomic E-state index is 0.0514. The second-order valence-electron chi connectivity index (χ2n) is 6.50. The topological polar surface area (TPSA) is 67.9 Å². The molecular weight excluding hydrogens is 389 g/mol. The van der Waals surface area contributed by atoms with Gasteiger partial charge in [0.25, 0.3) is 0 Å². The molecule has 9 heteroatoms. The lowest BCUT2D eigenvalue weighted by molar-refractivity contribution is -0.274. The fourth-order valence-electron chi connectivity index (χ4n) is 3.06. The predicted molar refractivity (Wildman–Crippen MR) is 98.4 cm³/mol. The van der Waals surface area contributed by atoms with Gasteiger partial charge in [-0.2, -0.15) is 0 Å². The number of rotatable bonds is 6. The largest absolute Gasteiger partial charge is 0.573 e. The summed E-state index contributed by atoms with van der Waals surface area (Å²) < 4.78 is 46.4. The lowest BCUT2D eigenvalue weighted by atomic mass is 10.1. The zero-order chi connectivity index (χ0) is 21.0. The molecular formula is C20H19F3N2O4. The van der Waals surface area contributed by atoms with Crippen LogP contribution in [0.25, 0.3) is 0 Å². The van der Waals surface area contributed by atoms with Gasteiger partial charge in [-0.15, -0.1) is 13.2 Å². The third-order valence-corrected chi connectivity index (χ3v) is 4.43. The summed E-state index contributed by atoms with van der Waals surface area (Å²) in [6.45, 7) is 0.362. The molecule has 1 atom stereocenters. The van der Waals surface area contributed by atoms with Gasteiger partial charge in [0.05, 0.1) is 5.92 Å². The molecule has 0 radical (unpaired) electrons. The average Bonchev–Trinajstić information content (AvgIpc) is 3.07. The van der Waals surface area contributed by atoms with Gasteiger partial charge in [0.2, 0.25) is 11.8 Å². The molecule has 1 heterocycles. The molecule has 2 amide bonds. The SMILES string of the molecule is CNC(=O)C1CC(=O)N(c2ccc(OCc3cccc(OC(F)(F)F)c3)cc2)C1. The zero-order valence-electron chi connectivity index (χ0n) is 15.5. The van der Waals surface area contributed by atoms with Crippen molar-refractivity contribution in [3.05, 3.63) is 54.1 Å². The van der Waals surface area contributed by atoms with Crippen molar-refractivity contribution in [2.45, 2.75) is 19.4 Å². The van der Waals surface area contributed by atoms with E-state index in [-0.39, 0.29) is 36.5 Å². The van der Waals surface area contributed by atoms with Crippen LogP contribution < -0.4 is 19.7 Å². The molecule has 1 N–H and O–H groups in total. The Bertz CT molecular complexity index is 884. The standard InChI is InChI=1S/C20H19F3N2O4/c1-24-19(27)14-10-18(26)25(11-14)15-5-7-16(8-6-15)28-12-13-3-2-4-17(9-13)29-20(21,22)23/h2-9,14H,10-12H2,1H3,(H,24,27). The highest BCUT2D eigenvalue weighted by Crippen LogP contribution is 2.28. The van der Waals surface area contributed by atoms with E-state index in [1.807, 2.05) is 0 Å². The van der Waals surface area contributed by atoms with Crippen molar-refractivity contribution in [2.24, 2.45) is 5.92 Å². The molecule has 1 saturated heterocycles. The molecule has 0 saturated carbocycles. The average molecular weight is 408 g/mol. The minimum Gasteiger partial charge on any atom is -0.489 e. The molecule has 29 heavy (non-hydrogen) atoms. The van der Waals surface area contributed by atoms with E-state index in [2.05, 4.69) is 10.1 Å². The van der Waals surface area contributed by atoms with E-state index >= 15 is 0 Å². The first-order valence-electron chi connectivity index (χ1n) is 8.84. The third-order valence-electron chi connectivity index (χ3n) is 4.43. The highest BCUT2D eigenvalue weighted by molar-refractivity contribution is 6.00. The number of carbonyl (C=O) groups excluding carboxylic acids is 2. The number of hydrogen-bond donors (Lipinski definition) is 1. The summed E-state index contributed by atoms with van der Waals surface area (Å²) >= 11 is 0. The number of carbonyl (C=O) groups is 2. The van der Waals surface area contributed by atoms with E-state index in [0.29, 0.717) is 23.5 Å². The third kappa shape index (κ3) is 5.40. The first-order valence-corrected chi connectivity index (χ1v) is 8.84. The van der Waals surface area contributed by atoms with Gasteiger partial charge in [-0.3, -0.25) is 9.59 Å². The van der Waals surface area contributed by atoms with Crippen molar-refractivity contribution < 1.29 is 32.2 Å². The van der Waals surface area contributed by atoms with Crippen molar-refractivity contribution in [1.82, 2.24) is 5.32 Å². The molecule has 1 unspecified atom stereocenters. The molecule has 6 nitrogen and oxygen atoms in total. The van der Waals surface area contributed by atoms with Crippen LogP contribution in [0.1, 0.15) is 12.0 Å². The van der Waals surface area contributed by atoms with Gasteiger partial charge in [-0.1, -0.05) is 12.1 Å². The van der Waals surface area contributed by atoms with Crippen LogP contribution >= 0.6 is 0 Å². The van der Waals surface area contributed by atoms with E-state index in [1.54, 1.807) is 35.2 Å². The van der Waals surface area contributed by atoms with Crippen LogP contribution in [0.3, 0.4) is 0 Å². The fourth-order valence-corrected chi connectivity index (χ4v) is 3.06. The van der Waals surface area contributed by atoms with Crippen LogP contribution in [0.5, 0.6) is 11.5 Å². The number of nitrogens with zero attached hydrogens (tertiary/aromatic N) is 1. The maximum Gasteiger partial charge on any atom is 0.573 e. The number of alkyl halides is 3. The van der Waals surface area contributed by atoms with Gasteiger partial charge >= 0.3 is 6.36 Å². The Balaban J connectivity index is 1.60.